The summed E-state index contributed by atoms with van der Waals surface area (Å²) in [7, 11) is 0. The second-order valence-corrected chi connectivity index (χ2v) is 9.67. The summed E-state index contributed by atoms with van der Waals surface area (Å²) in [5.41, 5.74) is 5.55. The predicted octanol–water partition coefficient (Wildman–Crippen LogP) is 5.65. The Bertz CT molecular complexity index is 571. The van der Waals surface area contributed by atoms with Crippen LogP contribution in [0, 0.1) is 35.5 Å². The monoisotopic (exact) mass is 326 g/mol. The van der Waals surface area contributed by atoms with Crippen molar-refractivity contribution in [3.63, 3.8) is 0 Å². The highest BCUT2D eigenvalue weighted by Gasteiger charge is 2.46. The smallest absolute Gasteiger partial charge is 0.0545 e. The summed E-state index contributed by atoms with van der Waals surface area (Å²) >= 11 is 0. The van der Waals surface area contributed by atoms with E-state index in [9.17, 15) is 5.11 Å². The molecule has 0 aromatic rings. The zero-order valence-corrected chi connectivity index (χ0v) is 15.3. The molecule has 0 aromatic carbocycles. The van der Waals surface area contributed by atoms with Crippen molar-refractivity contribution in [1.82, 2.24) is 0 Å². The molecule has 0 saturated heterocycles. The minimum Gasteiger partial charge on any atom is -0.393 e. The Balaban J connectivity index is 1.46. The first kappa shape index (κ1) is 15.7. The first-order chi connectivity index (χ1) is 11.7. The number of hydrogen-bond acceptors (Lipinski definition) is 1. The molecule has 7 unspecified atom stereocenters. The van der Waals surface area contributed by atoms with Crippen molar-refractivity contribution in [3.8, 4) is 0 Å². The number of fused-ring (bicyclic) bond motifs is 6. The number of hydrogen-bond donors (Lipinski definition) is 1. The van der Waals surface area contributed by atoms with Gasteiger partial charge < -0.3 is 5.11 Å². The van der Waals surface area contributed by atoms with Crippen molar-refractivity contribution >= 4 is 0 Å². The molecule has 1 nitrogen and oxygen atoms in total. The predicted molar refractivity (Wildman–Crippen MR) is 98.5 cm³/mol. The van der Waals surface area contributed by atoms with Crippen LogP contribution in [0.3, 0.4) is 0 Å². The summed E-state index contributed by atoms with van der Waals surface area (Å²) in [5, 5.41) is 10.2. The van der Waals surface area contributed by atoms with E-state index in [1.165, 1.54) is 57.8 Å². The normalized spacial score (nSPS) is 47.9. The minimum atomic E-state index is -0.0252. The van der Waals surface area contributed by atoms with Gasteiger partial charge in [0.1, 0.15) is 0 Å². The number of rotatable bonds is 0. The molecule has 5 rings (SSSR count). The maximum absolute atomic E-state index is 10.2. The van der Waals surface area contributed by atoms with Crippen LogP contribution in [0.4, 0.5) is 0 Å². The van der Waals surface area contributed by atoms with Gasteiger partial charge in [0.2, 0.25) is 0 Å². The SMILES string of the molecule is CC1CC(O)CC2CCC3=C4CCC5CCCCC5C4=CCC3C12. The Labute approximate surface area is 147 Å². The minimum absolute atomic E-state index is 0.0252. The second-order valence-electron chi connectivity index (χ2n) is 9.67. The van der Waals surface area contributed by atoms with Crippen LogP contribution in [0.15, 0.2) is 22.8 Å². The highest BCUT2D eigenvalue weighted by molar-refractivity contribution is 5.44. The van der Waals surface area contributed by atoms with Gasteiger partial charge in [-0.05, 0) is 104 Å². The largest absolute Gasteiger partial charge is 0.393 e. The highest BCUT2D eigenvalue weighted by atomic mass is 16.3. The molecule has 0 aromatic heterocycles. The van der Waals surface area contributed by atoms with Gasteiger partial charge in [0, 0.05) is 0 Å². The Kier molecular flexibility index (Phi) is 3.92. The van der Waals surface area contributed by atoms with E-state index in [0.29, 0.717) is 5.92 Å². The first-order valence-corrected chi connectivity index (χ1v) is 10.8. The summed E-state index contributed by atoms with van der Waals surface area (Å²) in [4.78, 5) is 0. The average Bonchev–Trinajstić information content (AvgIpc) is 2.60. The Morgan fingerprint density at radius 2 is 1.75 bits per heavy atom. The van der Waals surface area contributed by atoms with E-state index in [1.807, 2.05) is 16.7 Å². The highest BCUT2D eigenvalue weighted by Crippen LogP contribution is 2.56. The summed E-state index contributed by atoms with van der Waals surface area (Å²) < 4.78 is 0. The van der Waals surface area contributed by atoms with Crippen LogP contribution < -0.4 is 0 Å². The third-order valence-corrected chi connectivity index (χ3v) is 8.52. The van der Waals surface area contributed by atoms with Gasteiger partial charge in [0.15, 0.2) is 0 Å². The van der Waals surface area contributed by atoms with E-state index >= 15 is 0 Å². The lowest BCUT2D eigenvalue weighted by Crippen LogP contribution is -2.43. The van der Waals surface area contributed by atoms with Gasteiger partial charge in [0.25, 0.3) is 0 Å². The van der Waals surface area contributed by atoms with Crippen LogP contribution >= 0.6 is 0 Å². The summed E-state index contributed by atoms with van der Waals surface area (Å²) in [6, 6.07) is 0. The lowest BCUT2D eigenvalue weighted by atomic mass is 9.54. The maximum Gasteiger partial charge on any atom is 0.0545 e. The van der Waals surface area contributed by atoms with Crippen molar-refractivity contribution in [2.45, 2.75) is 83.7 Å². The van der Waals surface area contributed by atoms with E-state index in [-0.39, 0.29) is 6.10 Å². The number of aliphatic hydroxyl groups excluding tert-OH is 1. The van der Waals surface area contributed by atoms with E-state index in [0.717, 1.165) is 42.4 Å². The molecule has 0 aliphatic heterocycles. The van der Waals surface area contributed by atoms with E-state index in [4.69, 9.17) is 0 Å². The fourth-order valence-corrected chi connectivity index (χ4v) is 7.66. The third-order valence-electron chi connectivity index (χ3n) is 8.52. The van der Waals surface area contributed by atoms with Gasteiger partial charge in [-0.1, -0.05) is 31.4 Å². The lowest BCUT2D eigenvalue weighted by molar-refractivity contribution is -0.000325. The van der Waals surface area contributed by atoms with E-state index in [2.05, 4.69) is 13.0 Å². The fraction of sp³-hybridized carbons (Fsp3) is 0.826. The molecular formula is C23H34O. The number of aliphatic hydroxyl groups is 1. The topological polar surface area (TPSA) is 20.2 Å². The molecule has 7 atom stereocenters. The molecule has 4 fully saturated rings. The Hall–Kier alpha value is -0.560. The molecule has 1 heteroatoms. The van der Waals surface area contributed by atoms with Crippen LogP contribution in [0.25, 0.3) is 0 Å². The zero-order valence-electron chi connectivity index (χ0n) is 15.3. The first-order valence-electron chi connectivity index (χ1n) is 10.8. The van der Waals surface area contributed by atoms with E-state index < -0.39 is 0 Å². The molecular weight excluding hydrogens is 292 g/mol. The molecule has 0 radical (unpaired) electrons. The van der Waals surface area contributed by atoms with Crippen molar-refractivity contribution in [1.29, 1.82) is 0 Å². The van der Waals surface area contributed by atoms with Crippen molar-refractivity contribution in [2.24, 2.45) is 35.5 Å². The summed E-state index contributed by atoms with van der Waals surface area (Å²) in [6.45, 7) is 2.42. The molecule has 132 valence electrons. The van der Waals surface area contributed by atoms with Gasteiger partial charge in [-0.15, -0.1) is 0 Å². The summed E-state index contributed by atoms with van der Waals surface area (Å²) in [5.74, 6) is 5.10. The third kappa shape index (κ3) is 2.37. The molecule has 5 aliphatic carbocycles. The molecule has 0 bridgehead atoms. The van der Waals surface area contributed by atoms with Crippen LogP contribution in [0.2, 0.25) is 0 Å². The second kappa shape index (κ2) is 6.01. The maximum atomic E-state index is 10.2. The van der Waals surface area contributed by atoms with Crippen LogP contribution in [0.5, 0.6) is 0 Å². The van der Waals surface area contributed by atoms with Crippen LogP contribution in [0.1, 0.15) is 77.6 Å². The van der Waals surface area contributed by atoms with Crippen LogP contribution in [-0.2, 0) is 0 Å². The van der Waals surface area contributed by atoms with Crippen molar-refractivity contribution < 1.29 is 5.11 Å². The summed E-state index contributed by atoms with van der Waals surface area (Å²) in [6.07, 6.45) is 17.6. The molecule has 0 spiro atoms. The van der Waals surface area contributed by atoms with Gasteiger partial charge >= 0.3 is 0 Å². The van der Waals surface area contributed by atoms with Gasteiger partial charge in [-0.2, -0.15) is 0 Å². The Morgan fingerprint density at radius 3 is 2.67 bits per heavy atom. The van der Waals surface area contributed by atoms with Gasteiger partial charge in [-0.3, -0.25) is 0 Å². The molecule has 1 N–H and O–H groups in total. The van der Waals surface area contributed by atoms with Crippen molar-refractivity contribution in [3.05, 3.63) is 22.8 Å². The molecule has 4 saturated carbocycles. The fourth-order valence-electron chi connectivity index (χ4n) is 7.66. The lowest BCUT2D eigenvalue weighted by Gasteiger charge is -2.51. The molecule has 5 aliphatic rings. The van der Waals surface area contributed by atoms with Crippen molar-refractivity contribution in [2.75, 3.05) is 0 Å². The standard InChI is InChI=1S/C23H34O/c1-14-12-17(24)13-16-7-9-21-20-8-6-15-4-2-3-5-18(15)19(20)10-11-22(21)23(14)16/h10,14-18,22-24H,2-9,11-13H2,1H3. The Morgan fingerprint density at radius 1 is 0.917 bits per heavy atom. The number of allylic oxidation sites excluding steroid dienone is 4. The van der Waals surface area contributed by atoms with Gasteiger partial charge in [0.05, 0.1) is 6.10 Å². The van der Waals surface area contributed by atoms with Gasteiger partial charge in [-0.25, -0.2) is 0 Å². The quantitative estimate of drug-likeness (QED) is 0.610. The zero-order chi connectivity index (χ0) is 16.3. The molecule has 0 amide bonds. The average molecular weight is 327 g/mol. The molecule has 24 heavy (non-hydrogen) atoms. The molecule has 0 heterocycles. The van der Waals surface area contributed by atoms with E-state index in [1.54, 1.807) is 0 Å². The van der Waals surface area contributed by atoms with Crippen LogP contribution in [-0.4, -0.2) is 11.2 Å².